The van der Waals surface area contributed by atoms with Gasteiger partial charge in [-0.15, -0.1) is 0 Å². The van der Waals surface area contributed by atoms with Crippen molar-refractivity contribution in [1.82, 2.24) is 9.62 Å². The molecule has 0 atom stereocenters. The van der Waals surface area contributed by atoms with E-state index in [-0.39, 0.29) is 10.7 Å². The van der Waals surface area contributed by atoms with Crippen molar-refractivity contribution in [3.8, 4) is 0 Å². The van der Waals surface area contributed by atoms with Crippen molar-refractivity contribution in [2.45, 2.75) is 18.7 Å². The molecule has 1 aromatic carbocycles. The number of sulfonamides is 1. The number of aryl methyl sites for hydroxylation is 2. The fourth-order valence-electron chi connectivity index (χ4n) is 2.09. The summed E-state index contributed by atoms with van der Waals surface area (Å²) in [6.45, 7) is 5.38. The van der Waals surface area contributed by atoms with Crippen LogP contribution in [-0.2, 0) is 10.0 Å². The minimum atomic E-state index is -3.50. The molecule has 0 spiro atoms. The van der Waals surface area contributed by atoms with Crippen LogP contribution in [-0.4, -0.2) is 38.9 Å². The first-order chi connectivity index (χ1) is 8.43. The van der Waals surface area contributed by atoms with E-state index < -0.39 is 10.0 Å². The molecule has 0 aromatic heterocycles. The van der Waals surface area contributed by atoms with Gasteiger partial charge in [0.05, 0.1) is 4.90 Å². The Bertz CT molecular complexity index is 528. The molecular formula is C12H17FN2O2S. The zero-order valence-electron chi connectivity index (χ0n) is 10.5. The lowest BCUT2D eigenvalue weighted by Crippen LogP contribution is -2.46. The Morgan fingerprint density at radius 1 is 1.17 bits per heavy atom. The second-order valence-electron chi connectivity index (χ2n) is 4.53. The molecule has 6 heteroatoms. The number of nitrogens with zero attached hydrogens (tertiary/aromatic N) is 1. The number of nitrogens with one attached hydrogen (secondary N) is 1. The molecule has 18 heavy (non-hydrogen) atoms. The van der Waals surface area contributed by atoms with Gasteiger partial charge in [0.25, 0.3) is 0 Å². The molecule has 0 radical (unpaired) electrons. The summed E-state index contributed by atoms with van der Waals surface area (Å²) in [4.78, 5) is 0.181. The molecule has 0 amide bonds. The summed E-state index contributed by atoms with van der Waals surface area (Å²) in [5.41, 5.74) is 0.729. The van der Waals surface area contributed by atoms with Gasteiger partial charge in [0.1, 0.15) is 5.82 Å². The molecule has 0 aliphatic carbocycles. The van der Waals surface area contributed by atoms with Crippen molar-refractivity contribution in [3.05, 3.63) is 29.1 Å². The van der Waals surface area contributed by atoms with Gasteiger partial charge in [0.2, 0.25) is 10.0 Å². The molecule has 4 nitrogen and oxygen atoms in total. The molecule has 1 heterocycles. The van der Waals surface area contributed by atoms with Crippen LogP contribution in [0.25, 0.3) is 0 Å². The number of halogens is 1. The van der Waals surface area contributed by atoms with Crippen LogP contribution >= 0.6 is 0 Å². The maximum absolute atomic E-state index is 13.5. The van der Waals surface area contributed by atoms with Gasteiger partial charge in [-0.05, 0) is 37.1 Å². The minimum Gasteiger partial charge on any atom is -0.314 e. The van der Waals surface area contributed by atoms with Crippen molar-refractivity contribution in [3.63, 3.8) is 0 Å². The number of rotatable bonds is 2. The van der Waals surface area contributed by atoms with E-state index in [0.29, 0.717) is 37.3 Å². The Morgan fingerprint density at radius 2 is 1.67 bits per heavy atom. The van der Waals surface area contributed by atoms with Crippen molar-refractivity contribution >= 4 is 10.0 Å². The summed E-state index contributed by atoms with van der Waals surface area (Å²) in [7, 11) is -3.50. The highest BCUT2D eigenvalue weighted by molar-refractivity contribution is 7.89. The average Bonchev–Trinajstić information content (AvgIpc) is 2.36. The van der Waals surface area contributed by atoms with Gasteiger partial charge in [-0.2, -0.15) is 4.31 Å². The first-order valence-corrected chi connectivity index (χ1v) is 7.34. The highest BCUT2D eigenvalue weighted by Gasteiger charge is 2.26. The number of hydrogen-bond donors (Lipinski definition) is 1. The van der Waals surface area contributed by atoms with E-state index in [1.807, 2.05) is 0 Å². The number of piperazine rings is 1. The van der Waals surface area contributed by atoms with Crippen LogP contribution in [0.4, 0.5) is 4.39 Å². The van der Waals surface area contributed by atoms with E-state index in [9.17, 15) is 12.8 Å². The predicted octanol–water partition coefficient (Wildman–Crippen LogP) is 1.04. The maximum atomic E-state index is 13.5. The minimum absolute atomic E-state index is 0.181. The van der Waals surface area contributed by atoms with Gasteiger partial charge in [0.15, 0.2) is 0 Å². The van der Waals surface area contributed by atoms with Crippen LogP contribution in [0.5, 0.6) is 0 Å². The third-order valence-corrected chi connectivity index (χ3v) is 5.00. The molecule has 1 aliphatic heterocycles. The molecule has 2 rings (SSSR count). The van der Waals surface area contributed by atoms with Gasteiger partial charge >= 0.3 is 0 Å². The summed E-state index contributed by atoms with van der Waals surface area (Å²) in [6, 6.07) is 2.80. The monoisotopic (exact) mass is 272 g/mol. The summed E-state index contributed by atoms with van der Waals surface area (Å²) in [5, 5.41) is 3.10. The van der Waals surface area contributed by atoms with E-state index in [4.69, 9.17) is 0 Å². The zero-order valence-corrected chi connectivity index (χ0v) is 11.3. The van der Waals surface area contributed by atoms with E-state index in [2.05, 4.69) is 5.32 Å². The molecule has 1 N–H and O–H groups in total. The first kappa shape index (κ1) is 13.5. The van der Waals surface area contributed by atoms with E-state index in [0.717, 1.165) is 0 Å². The Labute approximate surface area is 107 Å². The average molecular weight is 272 g/mol. The van der Waals surface area contributed by atoms with Crippen molar-refractivity contribution < 1.29 is 12.8 Å². The quantitative estimate of drug-likeness (QED) is 0.875. The van der Waals surface area contributed by atoms with Crippen molar-refractivity contribution in [2.24, 2.45) is 0 Å². The third kappa shape index (κ3) is 2.41. The molecule has 0 unspecified atom stereocenters. The van der Waals surface area contributed by atoms with E-state index >= 15 is 0 Å². The first-order valence-electron chi connectivity index (χ1n) is 5.90. The van der Waals surface area contributed by atoms with Gasteiger partial charge in [-0.1, -0.05) is 0 Å². The van der Waals surface area contributed by atoms with Crippen molar-refractivity contribution in [2.75, 3.05) is 26.2 Å². The Balaban J connectivity index is 2.41. The van der Waals surface area contributed by atoms with Gasteiger partial charge in [-0.3, -0.25) is 0 Å². The largest absolute Gasteiger partial charge is 0.314 e. The molecule has 0 saturated carbocycles. The van der Waals surface area contributed by atoms with Crippen LogP contribution in [0.15, 0.2) is 17.0 Å². The van der Waals surface area contributed by atoms with Crippen LogP contribution in [0.3, 0.4) is 0 Å². The summed E-state index contributed by atoms with van der Waals surface area (Å²) < 4.78 is 39.7. The molecule has 1 fully saturated rings. The third-order valence-electron chi connectivity index (χ3n) is 3.12. The van der Waals surface area contributed by atoms with Gasteiger partial charge in [0, 0.05) is 26.2 Å². The fourth-order valence-corrected chi connectivity index (χ4v) is 3.70. The lowest BCUT2D eigenvalue weighted by molar-refractivity contribution is 0.360. The van der Waals surface area contributed by atoms with Crippen molar-refractivity contribution in [1.29, 1.82) is 0 Å². The molecule has 1 saturated heterocycles. The van der Waals surface area contributed by atoms with Crippen LogP contribution in [0.1, 0.15) is 11.1 Å². The fraction of sp³-hybridized carbons (Fsp3) is 0.500. The highest BCUT2D eigenvalue weighted by Crippen LogP contribution is 2.21. The van der Waals surface area contributed by atoms with Crippen LogP contribution in [0.2, 0.25) is 0 Å². The number of benzene rings is 1. The maximum Gasteiger partial charge on any atom is 0.243 e. The lowest BCUT2D eigenvalue weighted by Gasteiger charge is -2.26. The van der Waals surface area contributed by atoms with E-state index in [1.165, 1.54) is 16.4 Å². The van der Waals surface area contributed by atoms with Crippen LogP contribution < -0.4 is 5.32 Å². The molecule has 0 bridgehead atoms. The second-order valence-corrected chi connectivity index (χ2v) is 6.46. The van der Waals surface area contributed by atoms with Crippen LogP contribution in [0, 0.1) is 19.7 Å². The van der Waals surface area contributed by atoms with Gasteiger partial charge < -0.3 is 5.32 Å². The SMILES string of the molecule is Cc1cc(S(=O)(=O)N2CCNCC2)cc(C)c1F. The topological polar surface area (TPSA) is 49.4 Å². The standard InChI is InChI=1S/C12H17FN2O2S/c1-9-7-11(8-10(2)12(9)13)18(16,17)15-5-3-14-4-6-15/h7-8,14H,3-6H2,1-2H3. The predicted molar refractivity (Wildman–Crippen MR) is 67.5 cm³/mol. The summed E-state index contributed by atoms with van der Waals surface area (Å²) in [6.07, 6.45) is 0. The smallest absolute Gasteiger partial charge is 0.243 e. The molecule has 100 valence electrons. The number of hydrogen-bond acceptors (Lipinski definition) is 3. The lowest BCUT2D eigenvalue weighted by atomic mass is 10.1. The highest BCUT2D eigenvalue weighted by atomic mass is 32.2. The molecule has 1 aliphatic rings. The van der Waals surface area contributed by atoms with Gasteiger partial charge in [-0.25, -0.2) is 12.8 Å². The normalized spacial score (nSPS) is 17.9. The second kappa shape index (κ2) is 4.95. The zero-order chi connectivity index (χ0) is 13.3. The Kier molecular flexibility index (Phi) is 3.70. The molecular weight excluding hydrogens is 255 g/mol. The Hall–Kier alpha value is -0.980. The summed E-state index contributed by atoms with van der Waals surface area (Å²) >= 11 is 0. The van der Waals surface area contributed by atoms with E-state index in [1.54, 1.807) is 13.8 Å². The summed E-state index contributed by atoms with van der Waals surface area (Å²) in [5.74, 6) is -0.339. The molecule has 1 aromatic rings. The Morgan fingerprint density at radius 3 is 2.17 bits per heavy atom.